The largest absolute Gasteiger partial charge is 0.497 e. The van der Waals surface area contributed by atoms with Gasteiger partial charge < -0.3 is 19.2 Å². The van der Waals surface area contributed by atoms with Crippen LogP contribution in [0.2, 0.25) is 0 Å². The fourth-order valence-corrected chi connectivity index (χ4v) is 1.89. The van der Waals surface area contributed by atoms with E-state index in [-0.39, 0.29) is 5.76 Å². The molecule has 9 heteroatoms. The molecule has 2 aromatic rings. The molecule has 0 aliphatic rings. The minimum Gasteiger partial charge on any atom is -0.497 e. The number of hydrogen-bond acceptors (Lipinski definition) is 7. The third-order valence-corrected chi connectivity index (χ3v) is 3.18. The van der Waals surface area contributed by atoms with Crippen LogP contribution in [0.4, 0.5) is 11.6 Å². The quantitative estimate of drug-likeness (QED) is 0.349. The van der Waals surface area contributed by atoms with Gasteiger partial charge >= 0.3 is 11.9 Å². The number of amides is 1. The van der Waals surface area contributed by atoms with Gasteiger partial charge in [-0.05, 0) is 31.2 Å². The van der Waals surface area contributed by atoms with E-state index in [1.165, 1.54) is 26.2 Å². The average molecular weight is 360 g/mol. The highest BCUT2D eigenvalue weighted by atomic mass is 16.6. The Morgan fingerprint density at radius 2 is 2.08 bits per heavy atom. The molecule has 0 saturated heterocycles. The number of anilines is 1. The second kappa shape index (κ2) is 8.47. The summed E-state index contributed by atoms with van der Waals surface area (Å²) in [7, 11) is 1.51. The molecule has 1 heterocycles. The van der Waals surface area contributed by atoms with Gasteiger partial charge in [-0.3, -0.25) is 14.9 Å². The highest BCUT2D eigenvalue weighted by molar-refractivity contribution is 5.96. The van der Waals surface area contributed by atoms with Crippen molar-refractivity contribution in [2.45, 2.75) is 13.0 Å². The van der Waals surface area contributed by atoms with Crippen LogP contribution >= 0.6 is 0 Å². The maximum absolute atomic E-state index is 12.1. The number of esters is 1. The van der Waals surface area contributed by atoms with Crippen LogP contribution in [-0.4, -0.2) is 30.0 Å². The molecule has 2 rings (SSSR count). The molecule has 26 heavy (non-hydrogen) atoms. The number of nitrogens with zero attached hydrogens (tertiary/aromatic N) is 1. The van der Waals surface area contributed by atoms with Crippen LogP contribution in [0, 0.1) is 10.1 Å². The number of carbonyl (C=O) groups is 2. The standard InChI is InChI=1S/C17H16N2O7/c1-11(17(21)18-12-4-3-5-14(10-12)24-2)25-16(20)9-7-13-6-8-15(26-13)19(22)23/h3-11H,1-2H3,(H,18,21)/b9-7+/t11-/m0/s1. The molecule has 1 N–H and O–H groups in total. The Labute approximate surface area is 148 Å². The van der Waals surface area contributed by atoms with E-state index in [9.17, 15) is 19.7 Å². The molecule has 0 bridgehead atoms. The van der Waals surface area contributed by atoms with Gasteiger partial charge in [-0.15, -0.1) is 0 Å². The molecule has 0 saturated carbocycles. The summed E-state index contributed by atoms with van der Waals surface area (Å²) in [5, 5.41) is 13.1. The number of benzene rings is 1. The lowest BCUT2D eigenvalue weighted by atomic mass is 10.3. The van der Waals surface area contributed by atoms with Gasteiger partial charge in [0.25, 0.3) is 5.91 Å². The molecule has 1 aromatic carbocycles. The number of nitro groups is 1. The van der Waals surface area contributed by atoms with E-state index in [0.29, 0.717) is 11.4 Å². The topological polar surface area (TPSA) is 121 Å². The summed E-state index contributed by atoms with van der Waals surface area (Å²) >= 11 is 0. The van der Waals surface area contributed by atoms with Crippen molar-refractivity contribution in [3.63, 3.8) is 0 Å². The van der Waals surface area contributed by atoms with Crippen LogP contribution in [0.15, 0.2) is 46.9 Å². The first-order valence-corrected chi connectivity index (χ1v) is 7.47. The molecule has 136 valence electrons. The van der Waals surface area contributed by atoms with Crippen LogP contribution in [-0.2, 0) is 14.3 Å². The Bertz CT molecular complexity index is 841. The van der Waals surface area contributed by atoms with E-state index >= 15 is 0 Å². The second-order valence-corrected chi connectivity index (χ2v) is 5.07. The Balaban J connectivity index is 1.89. The Hall–Kier alpha value is -3.62. The lowest BCUT2D eigenvalue weighted by molar-refractivity contribution is -0.402. The molecule has 9 nitrogen and oxygen atoms in total. The van der Waals surface area contributed by atoms with E-state index in [0.717, 1.165) is 12.1 Å². The predicted octanol–water partition coefficient (Wildman–Crippen LogP) is 2.78. The normalized spacial score (nSPS) is 11.8. The summed E-state index contributed by atoms with van der Waals surface area (Å²) in [6, 6.07) is 9.21. The monoisotopic (exact) mass is 360 g/mol. The average Bonchev–Trinajstić information content (AvgIpc) is 3.09. The molecular formula is C17H16N2O7. The second-order valence-electron chi connectivity index (χ2n) is 5.07. The first-order chi connectivity index (χ1) is 12.4. The fourth-order valence-electron chi connectivity index (χ4n) is 1.89. The third-order valence-electron chi connectivity index (χ3n) is 3.18. The number of rotatable bonds is 7. The first kappa shape index (κ1) is 18.7. The molecule has 0 aliphatic heterocycles. The number of carbonyl (C=O) groups excluding carboxylic acids is 2. The summed E-state index contributed by atoms with van der Waals surface area (Å²) in [6.07, 6.45) is 1.17. The van der Waals surface area contributed by atoms with Crippen molar-refractivity contribution in [2.75, 3.05) is 12.4 Å². The summed E-state index contributed by atoms with van der Waals surface area (Å²) in [5.41, 5.74) is 0.496. The predicted molar refractivity (Wildman–Crippen MR) is 91.6 cm³/mol. The minimum atomic E-state index is -1.05. The molecule has 1 atom stereocenters. The van der Waals surface area contributed by atoms with Gasteiger partial charge in [0.15, 0.2) is 6.10 Å². The van der Waals surface area contributed by atoms with Crippen molar-refractivity contribution in [1.82, 2.24) is 0 Å². The summed E-state index contributed by atoms with van der Waals surface area (Å²) < 4.78 is 14.9. The van der Waals surface area contributed by atoms with Crippen LogP contribution in [0.5, 0.6) is 5.75 Å². The smallest absolute Gasteiger partial charge is 0.433 e. The molecule has 0 aliphatic carbocycles. The highest BCUT2D eigenvalue weighted by Crippen LogP contribution is 2.18. The van der Waals surface area contributed by atoms with E-state index in [4.69, 9.17) is 13.9 Å². The number of nitrogens with one attached hydrogen (secondary N) is 1. The van der Waals surface area contributed by atoms with E-state index in [1.54, 1.807) is 24.3 Å². The van der Waals surface area contributed by atoms with Gasteiger partial charge in [-0.2, -0.15) is 0 Å². The SMILES string of the molecule is COc1cccc(NC(=O)[C@H](C)OC(=O)/C=C/c2ccc([N+](=O)[O-])o2)c1. The van der Waals surface area contributed by atoms with E-state index < -0.39 is 28.8 Å². The van der Waals surface area contributed by atoms with Gasteiger partial charge in [0.2, 0.25) is 0 Å². The van der Waals surface area contributed by atoms with Gasteiger partial charge in [0.1, 0.15) is 16.4 Å². The van der Waals surface area contributed by atoms with Crippen molar-refractivity contribution >= 4 is 29.5 Å². The molecule has 0 unspecified atom stereocenters. The summed E-state index contributed by atoms with van der Waals surface area (Å²) in [5.74, 6) is -1.07. The lowest BCUT2D eigenvalue weighted by Crippen LogP contribution is -2.29. The molecule has 0 fully saturated rings. The van der Waals surface area contributed by atoms with Crippen LogP contribution < -0.4 is 10.1 Å². The van der Waals surface area contributed by atoms with Gasteiger partial charge in [0.05, 0.1) is 13.2 Å². The van der Waals surface area contributed by atoms with Crippen LogP contribution in [0.3, 0.4) is 0 Å². The molecule has 0 radical (unpaired) electrons. The van der Waals surface area contributed by atoms with Gasteiger partial charge in [-0.1, -0.05) is 6.07 Å². The zero-order valence-electron chi connectivity index (χ0n) is 14.0. The third kappa shape index (κ3) is 5.20. The van der Waals surface area contributed by atoms with Crippen molar-refractivity contribution in [2.24, 2.45) is 0 Å². The number of hydrogen-bond donors (Lipinski definition) is 1. The minimum absolute atomic E-state index is 0.113. The van der Waals surface area contributed by atoms with Crippen LogP contribution in [0.1, 0.15) is 12.7 Å². The Morgan fingerprint density at radius 3 is 2.73 bits per heavy atom. The van der Waals surface area contributed by atoms with Gasteiger partial charge in [-0.25, -0.2) is 4.79 Å². The molecular weight excluding hydrogens is 344 g/mol. The molecule has 1 amide bonds. The van der Waals surface area contributed by atoms with E-state index in [1.807, 2.05) is 0 Å². The van der Waals surface area contributed by atoms with Gasteiger partial charge in [0, 0.05) is 17.8 Å². The fraction of sp³-hybridized carbons (Fsp3) is 0.176. The zero-order chi connectivity index (χ0) is 19.1. The zero-order valence-corrected chi connectivity index (χ0v) is 14.0. The maximum Gasteiger partial charge on any atom is 0.433 e. The Morgan fingerprint density at radius 1 is 1.31 bits per heavy atom. The maximum atomic E-state index is 12.1. The number of furan rings is 1. The van der Waals surface area contributed by atoms with Crippen molar-refractivity contribution in [3.05, 3.63) is 58.3 Å². The summed E-state index contributed by atoms with van der Waals surface area (Å²) in [6.45, 7) is 1.42. The highest BCUT2D eigenvalue weighted by Gasteiger charge is 2.17. The number of ether oxygens (including phenoxy) is 2. The molecule has 1 aromatic heterocycles. The lowest BCUT2D eigenvalue weighted by Gasteiger charge is -2.12. The van der Waals surface area contributed by atoms with E-state index in [2.05, 4.69) is 5.32 Å². The van der Waals surface area contributed by atoms with Crippen LogP contribution in [0.25, 0.3) is 6.08 Å². The molecule has 0 spiro atoms. The Kier molecular flexibility index (Phi) is 6.10. The number of methoxy groups -OCH3 is 1. The first-order valence-electron chi connectivity index (χ1n) is 7.47. The van der Waals surface area contributed by atoms with Crippen molar-refractivity contribution in [3.8, 4) is 5.75 Å². The van der Waals surface area contributed by atoms with Crippen molar-refractivity contribution < 1.29 is 28.4 Å². The van der Waals surface area contributed by atoms with Crippen molar-refractivity contribution in [1.29, 1.82) is 0 Å². The summed E-state index contributed by atoms with van der Waals surface area (Å²) in [4.78, 5) is 33.6.